The van der Waals surface area contributed by atoms with Gasteiger partial charge in [-0.25, -0.2) is 9.78 Å². The van der Waals surface area contributed by atoms with E-state index in [1.807, 2.05) is 26.2 Å². The first-order valence-electron chi connectivity index (χ1n) is 7.45. The fraction of sp³-hybridized carbons (Fsp3) is 0.500. The molecular formula is C16H23N3O3S. The minimum absolute atomic E-state index is 0.0856. The van der Waals surface area contributed by atoms with Crippen molar-refractivity contribution in [2.24, 2.45) is 0 Å². The molecule has 0 saturated heterocycles. The van der Waals surface area contributed by atoms with Crippen molar-refractivity contribution in [3.8, 4) is 0 Å². The summed E-state index contributed by atoms with van der Waals surface area (Å²) in [7, 11) is 0. The summed E-state index contributed by atoms with van der Waals surface area (Å²) in [5.74, 6) is 1.39. The normalized spacial score (nSPS) is 15.0. The number of furan rings is 1. The first-order valence-corrected chi connectivity index (χ1v) is 8.33. The van der Waals surface area contributed by atoms with Crippen LogP contribution in [0.3, 0.4) is 0 Å². The molecule has 0 aliphatic carbocycles. The second-order valence-electron chi connectivity index (χ2n) is 5.98. The van der Waals surface area contributed by atoms with Crippen molar-refractivity contribution in [2.45, 2.75) is 46.3 Å². The SMILES string of the molecule is Cc1csc(C(C)NC(=O)NCC(C)(O)c2cc(C)oc2C)n1. The van der Waals surface area contributed by atoms with E-state index < -0.39 is 5.60 Å². The van der Waals surface area contributed by atoms with Gasteiger partial charge in [0.05, 0.1) is 12.6 Å². The molecule has 126 valence electrons. The number of aryl methyl sites for hydroxylation is 3. The van der Waals surface area contributed by atoms with Crippen LogP contribution in [0.2, 0.25) is 0 Å². The molecule has 2 rings (SSSR count). The zero-order valence-corrected chi connectivity index (χ0v) is 14.9. The molecule has 6 nitrogen and oxygen atoms in total. The number of urea groups is 1. The molecule has 0 radical (unpaired) electrons. The fourth-order valence-corrected chi connectivity index (χ4v) is 3.20. The standard InChI is InChI=1S/C16H23N3O3S/c1-9-7-23-14(18-9)11(3)19-15(20)17-8-16(5,21)13-6-10(2)22-12(13)4/h6-7,11,21H,8H2,1-5H3,(H2,17,19,20). The summed E-state index contributed by atoms with van der Waals surface area (Å²) in [5, 5.41) is 18.9. The number of nitrogens with one attached hydrogen (secondary N) is 2. The van der Waals surface area contributed by atoms with Gasteiger partial charge in [0, 0.05) is 16.6 Å². The highest BCUT2D eigenvalue weighted by atomic mass is 32.1. The van der Waals surface area contributed by atoms with E-state index in [9.17, 15) is 9.90 Å². The van der Waals surface area contributed by atoms with Crippen LogP contribution in [-0.4, -0.2) is 22.7 Å². The third-order valence-electron chi connectivity index (χ3n) is 3.57. The van der Waals surface area contributed by atoms with Crippen molar-refractivity contribution in [3.63, 3.8) is 0 Å². The second-order valence-corrected chi connectivity index (χ2v) is 6.87. The Balaban J connectivity index is 1.92. The number of rotatable bonds is 5. The Bertz CT molecular complexity index is 691. The molecule has 0 aromatic carbocycles. The van der Waals surface area contributed by atoms with E-state index in [4.69, 9.17) is 4.42 Å². The van der Waals surface area contributed by atoms with Gasteiger partial charge in [0.15, 0.2) is 0 Å². The van der Waals surface area contributed by atoms with Crippen molar-refractivity contribution < 1.29 is 14.3 Å². The second kappa shape index (κ2) is 6.72. The fourth-order valence-electron chi connectivity index (χ4n) is 2.39. The maximum absolute atomic E-state index is 12.0. The summed E-state index contributed by atoms with van der Waals surface area (Å²) in [6.45, 7) is 9.15. The number of hydrogen-bond donors (Lipinski definition) is 3. The van der Waals surface area contributed by atoms with Crippen LogP contribution in [0, 0.1) is 20.8 Å². The van der Waals surface area contributed by atoms with Crippen molar-refractivity contribution >= 4 is 17.4 Å². The lowest BCUT2D eigenvalue weighted by Gasteiger charge is -2.24. The molecule has 2 heterocycles. The average Bonchev–Trinajstić information content (AvgIpc) is 3.03. The Morgan fingerprint density at radius 2 is 2.17 bits per heavy atom. The Labute approximate surface area is 139 Å². The van der Waals surface area contributed by atoms with Gasteiger partial charge in [0.25, 0.3) is 0 Å². The topological polar surface area (TPSA) is 87.4 Å². The summed E-state index contributed by atoms with van der Waals surface area (Å²) in [6, 6.07) is 1.26. The zero-order chi connectivity index (χ0) is 17.2. The summed E-state index contributed by atoms with van der Waals surface area (Å²) < 4.78 is 5.44. The van der Waals surface area contributed by atoms with Crippen LogP contribution in [0.1, 0.15) is 47.7 Å². The highest BCUT2D eigenvalue weighted by Gasteiger charge is 2.28. The summed E-state index contributed by atoms with van der Waals surface area (Å²) in [6.07, 6.45) is 0. The number of carbonyl (C=O) groups excluding carboxylic acids is 1. The molecule has 3 N–H and O–H groups in total. The lowest BCUT2D eigenvalue weighted by atomic mass is 9.96. The zero-order valence-electron chi connectivity index (χ0n) is 14.1. The van der Waals surface area contributed by atoms with Gasteiger partial charge in [0.2, 0.25) is 0 Å². The lowest BCUT2D eigenvalue weighted by molar-refractivity contribution is 0.0578. The lowest BCUT2D eigenvalue weighted by Crippen LogP contribution is -2.44. The van der Waals surface area contributed by atoms with Gasteiger partial charge in [-0.2, -0.15) is 0 Å². The van der Waals surface area contributed by atoms with Gasteiger partial charge in [0.1, 0.15) is 22.1 Å². The smallest absolute Gasteiger partial charge is 0.315 e. The minimum Gasteiger partial charge on any atom is -0.466 e. The van der Waals surface area contributed by atoms with Crippen molar-refractivity contribution in [3.05, 3.63) is 39.2 Å². The first-order chi connectivity index (χ1) is 10.7. The van der Waals surface area contributed by atoms with Crippen molar-refractivity contribution in [1.82, 2.24) is 15.6 Å². The Hall–Kier alpha value is -1.86. The number of amides is 2. The number of nitrogens with zero attached hydrogens (tertiary/aromatic N) is 1. The van der Waals surface area contributed by atoms with Crippen LogP contribution in [-0.2, 0) is 5.60 Å². The Kier molecular flexibility index (Phi) is 5.11. The quantitative estimate of drug-likeness (QED) is 0.783. The van der Waals surface area contributed by atoms with Crippen molar-refractivity contribution in [2.75, 3.05) is 6.54 Å². The molecule has 0 aliphatic rings. The maximum Gasteiger partial charge on any atom is 0.315 e. The molecular weight excluding hydrogens is 314 g/mol. The van der Waals surface area contributed by atoms with Gasteiger partial charge in [-0.15, -0.1) is 11.3 Å². The molecule has 0 spiro atoms. The van der Waals surface area contributed by atoms with Crippen molar-refractivity contribution in [1.29, 1.82) is 0 Å². The van der Waals surface area contributed by atoms with Crippen LogP contribution in [0.5, 0.6) is 0 Å². The molecule has 2 amide bonds. The molecule has 23 heavy (non-hydrogen) atoms. The van der Waals surface area contributed by atoms with E-state index in [0.29, 0.717) is 11.3 Å². The predicted molar refractivity (Wildman–Crippen MR) is 89.6 cm³/mol. The van der Waals surface area contributed by atoms with Gasteiger partial charge in [-0.3, -0.25) is 0 Å². The predicted octanol–water partition coefficient (Wildman–Crippen LogP) is 2.93. The monoisotopic (exact) mass is 337 g/mol. The Morgan fingerprint density at radius 3 is 2.70 bits per heavy atom. The van der Waals surface area contributed by atoms with Crippen LogP contribution in [0.25, 0.3) is 0 Å². The first kappa shape index (κ1) is 17.5. The summed E-state index contributed by atoms with van der Waals surface area (Å²) in [4.78, 5) is 16.4. The van der Waals surface area contributed by atoms with E-state index in [0.717, 1.165) is 16.5 Å². The summed E-state index contributed by atoms with van der Waals surface area (Å²) >= 11 is 1.51. The maximum atomic E-state index is 12.0. The minimum atomic E-state index is -1.19. The van der Waals surface area contributed by atoms with Crippen LogP contribution in [0.4, 0.5) is 4.79 Å². The van der Waals surface area contributed by atoms with E-state index in [1.54, 1.807) is 19.9 Å². The third-order valence-corrected chi connectivity index (χ3v) is 4.71. The molecule has 0 bridgehead atoms. The number of aliphatic hydroxyl groups is 1. The molecule has 0 saturated carbocycles. The Morgan fingerprint density at radius 1 is 1.48 bits per heavy atom. The van der Waals surface area contributed by atoms with Crippen LogP contribution in [0.15, 0.2) is 15.9 Å². The molecule has 2 atom stereocenters. The third kappa shape index (κ3) is 4.33. The number of thiazole rings is 1. The molecule has 2 aromatic heterocycles. The average molecular weight is 337 g/mol. The largest absolute Gasteiger partial charge is 0.466 e. The molecule has 0 aliphatic heterocycles. The van der Waals surface area contributed by atoms with E-state index in [2.05, 4.69) is 15.6 Å². The van der Waals surface area contributed by atoms with Gasteiger partial charge < -0.3 is 20.2 Å². The van der Waals surface area contributed by atoms with Gasteiger partial charge in [-0.05, 0) is 40.7 Å². The van der Waals surface area contributed by atoms with Gasteiger partial charge >= 0.3 is 6.03 Å². The van der Waals surface area contributed by atoms with E-state index in [-0.39, 0.29) is 18.6 Å². The molecule has 7 heteroatoms. The highest BCUT2D eigenvalue weighted by Crippen LogP contribution is 2.26. The van der Waals surface area contributed by atoms with E-state index in [1.165, 1.54) is 11.3 Å². The van der Waals surface area contributed by atoms with Crippen LogP contribution < -0.4 is 10.6 Å². The number of carbonyl (C=O) groups is 1. The van der Waals surface area contributed by atoms with Gasteiger partial charge in [-0.1, -0.05) is 0 Å². The highest BCUT2D eigenvalue weighted by molar-refractivity contribution is 7.09. The van der Waals surface area contributed by atoms with Crippen LogP contribution >= 0.6 is 11.3 Å². The van der Waals surface area contributed by atoms with E-state index >= 15 is 0 Å². The summed E-state index contributed by atoms with van der Waals surface area (Å²) in [5.41, 5.74) is 0.423. The molecule has 2 unspecified atom stereocenters. The number of hydrogen-bond acceptors (Lipinski definition) is 5. The molecule has 0 fully saturated rings. The number of aromatic nitrogens is 1. The molecule has 2 aromatic rings.